The molecule has 6 heteroatoms. The average Bonchev–Trinajstić information content (AvgIpc) is 3.34. The number of halogens is 1. The lowest BCUT2D eigenvalue weighted by Gasteiger charge is -2.16. The van der Waals surface area contributed by atoms with Crippen LogP contribution in [0.2, 0.25) is 5.02 Å². The molecule has 0 amide bonds. The fourth-order valence-electron chi connectivity index (χ4n) is 3.62. The second kappa shape index (κ2) is 6.13. The van der Waals surface area contributed by atoms with Gasteiger partial charge in [-0.2, -0.15) is 0 Å². The molecule has 2 heterocycles. The van der Waals surface area contributed by atoms with Crippen molar-refractivity contribution in [2.24, 2.45) is 5.92 Å². The van der Waals surface area contributed by atoms with Gasteiger partial charge in [0.1, 0.15) is 11.3 Å². The summed E-state index contributed by atoms with van der Waals surface area (Å²) in [5, 5.41) is 4.29. The lowest BCUT2D eigenvalue weighted by atomic mass is 9.98. The number of aromatic nitrogens is 3. The van der Waals surface area contributed by atoms with E-state index < -0.39 is 0 Å². The number of rotatable bonds is 4. The monoisotopic (exact) mass is 377 g/mol. The number of nitrogens with one attached hydrogen (secondary N) is 1. The molecule has 1 aliphatic carbocycles. The van der Waals surface area contributed by atoms with E-state index in [9.17, 15) is 0 Å². The van der Waals surface area contributed by atoms with Crippen LogP contribution in [-0.2, 0) is 0 Å². The number of hydrogen-bond donors (Lipinski definition) is 2. The molecule has 1 fully saturated rings. The molecule has 5 rings (SSSR count). The highest BCUT2D eigenvalue weighted by atomic mass is 35.5. The Bertz CT molecular complexity index is 1160. The van der Waals surface area contributed by atoms with Gasteiger partial charge >= 0.3 is 0 Å². The predicted molar refractivity (Wildman–Crippen MR) is 111 cm³/mol. The molecule has 0 radical (unpaired) electrons. The van der Waals surface area contributed by atoms with Crippen LogP contribution in [0.25, 0.3) is 27.7 Å². The molecule has 0 atom stereocenters. The van der Waals surface area contributed by atoms with Crippen LogP contribution in [-0.4, -0.2) is 20.9 Å². The second-order valence-electron chi connectivity index (χ2n) is 7.29. The normalized spacial score (nSPS) is 14.1. The van der Waals surface area contributed by atoms with Crippen molar-refractivity contribution in [2.75, 3.05) is 17.6 Å². The van der Waals surface area contributed by atoms with Crippen LogP contribution in [0.15, 0.2) is 42.9 Å². The highest BCUT2D eigenvalue weighted by Gasteiger charge is 2.21. The SMILES string of the molecule is Cc1cccc(Cl)c1-c1cc(NCC2CC2)cc2c1nc(N)c1cncn12. The molecule has 3 N–H and O–H groups in total. The van der Waals surface area contributed by atoms with Gasteiger partial charge in [-0.15, -0.1) is 0 Å². The summed E-state index contributed by atoms with van der Waals surface area (Å²) in [6.45, 7) is 3.05. The minimum atomic E-state index is 0.463. The summed E-state index contributed by atoms with van der Waals surface area (Å²) in [5.41, 5.74) is 13.0. The van der Waals surface area contributed by atoms with Crippen LogP contribution < -0.4 is 11.1 Å². The van der Waals surface area contributed by atoms with Gasteiger partial charge in [-0.25, -0.2) is 9.97 Å². The number of fused-ring (bicyclic) bond motifs is 3. The molecular weight excluding hydrogens is 358 g/mol. The third-order valence-electron chi connectivity index (χ3n) is 5.27. The van der Waals surface area contributed by atoms with E-state index in [0.29, 0.717) is 10.8 Å². The van der Waals surface area contributed by atoms with E-state index in [4.69, 9.17) is 22.3 Å². The van der Waals surface area contributed by atoms with Crippen molar-refractivity contribution in [3.63, 3.8) is 0 Å². The van der Waals surface area contributed by atoms with Gasteiger partial charge in [-0.3, -0.25) is 4.40 Å². The highest BCUT2D eigenvalue weighted by molar-refractivity contribution is 6.34. The minimum absolute atomic E-state index is 0.463. The largest absolute Gasteiger partial charge is 0.385 e. The quantitative estimate of drug-likeness (QED) is 0.530. The Morgan fingerprint density at radius 1 is 1.26 bits per heavy atom. The number of hydrogen-bond acceptors (Lipinski definition) is 4. The Morgan fingerprint density at radius 3 is 2.89 bits per heavy atom. The van der Waals surface area contributed by atoms with Gasteiger partial charge in [0.05, 0.1) is 23.6 Å². The molecule has 0 saturated heterocycles. The molecule has 136 valence electrons. The predicted octanol–water partition coefficient (Wildman–Crippen LogP) is 4.92. The van der Waals surface area contributed by atoms with Gasteiger partial charge in [0.2, 0.25) is 0 Å². The molecule has 0 aliphatic heterocycles. The molecular formula is C21H20ClN5. The number of aryl methyl sites for hydroxylation is 1. The van der Waals surface area contributed by atoms with E-state index in [1.165, 1.54) is 12.8 Å². The summed E-state index contributed by atoms with van der Waals surface area (Å²) in [5.74, 6) is 1.24. The summed E-state index contributed by atoms with van der Waals surface area (Å²) in [6.07, 6.45) is 6.14. The third-order valence-corrected chi connectivity index (χ3v) is 5.58. The van der Waals surface area contributed by atoms with Crippen LogP contribution in [0, 0.1) is 12.8 Å². The molecule has 1 aliphatic rings. The van der Waals surface area contributed by atoms with Crippen LogP contribution in [0.1, 0.15) is 18.4 Å². The number of nitrogen functional groups attached to an aromatic ring is 1. The van der Waals surface area contributed by atoms with Gasteiger partial charge in [0.15, 0.2) is 0 Å². The first kappa shape index (κ1) is 16.4. The van der Waals surface area contributed by atoms with E-state index >= 15 is 0 Å². The summed E-state index contributed by atoms with van der Waals surface area (Å²) in [4.78, 5) is 8.97. The molecule has 2 aromatic carbocycles. The van der Waals surface area contributed by atoms with Gasteiger partial charge in [0, 0.05) is 28.4 Å². The summed E-state index contributed by atoms with van der Waals surface area (Å²) < 4.78 is 2.00. The zero-order valence-corrected chi connectivity index (χ0v) is 15.8. The van der Waals surface area contributed by atoms with Crippen molar-refractivity contribution in [1.29, 1.82) is 0 Å². The van der Waals surface area contributed by atoms with E-state index in [-0.39, 0.29) is 0 Å². The van der Waals surface area contributed by atoms with E-state index in [1.807, 2.05) is 16.5 Å². The Hall–Kier alpha value is -2.79. The zero-order chi connectivity index (χ0) is 18.5. The maximum Gasteiger partial charge on any atom is 0.150 e. The van der Waals surface area contributed by atoms with Crippen LogP contribution >= 0.6 is 11.6 Å². The summed E-state index contributed by atoms with van der Waals surface area (Å²) in [6, 6.07) is 10.2. The summed E-state index contributed by atoms with van der Waals surface area (Å²) in [7, 11) is 0. The fraction of sp³-hybridized carbons (Fsp3) is 0.238. The van der Waals surface area contributed by atoms with Crippen molar-refractivity contribution in [3.05, 3.63) is 53.4 Å². The lowest BCUT2D eigenvalue weighted by molar-refractivity contribution is 0.889. The van der Waals surface area contributed by atoms with Crippen LogP contribution in [0.3, 0.4) is 0 Å². The Morgan fingerprint density at radius 2 is 2.11 bits per heavy atom. The maximum atomic E-state index is 6.59. The van der Waals surface area contributed by atoms with Gasteiger partial charge in [-0.1, -0.05) is 23.7 Å². The third kappa shape index (κ3) is 2.79. The summed E-state index contributed by atoms with van der Waals surface area (Å²) >= 11 is 6.59. The number of benzene rings is 2. The molecule has 0 bridgehead atoms. The van der Waals surface area contributed by atoms with Crippen molar-refractivity contribution >= 4 is 39.7 Å². The first-order valence-electron chi connectivity index (χ1n) is 9.16. The highest BCUT2D eigenvalue weighted by Crippen LogP contribution is 2.38. The topological polar surface area (TPSA) is 68.2 Å². The zero-order valence-electron chi connectivity index (χ0n) is 15.0. The standard InChI is InChI=1S/C21H20ClN5/c1-12-3-2-4-16(22)19(12)15-7-14(25-9-13-5-6-13)8-17-20(15)26-21(23)18-10-24-11-27(17)18/h2-4,7-8,10-11,13,25H,5-6,9H2,1H3,(H2,23,26). The first-order chi connectivity index (χ1) is 13.1. The van der Waals surface area contributed by atoms with Crippen molar-refractivity contribution in [3.8, 4) is 11.1 Å². The Labute approximate surface area is 162 Å². The minimum Gasteiger partial charge on any atom is -0.385 e. The Kier molecular flexibility index (Phi) is 3.72. The van der Waals surface area contributed by atoms with E-state index in [1.54, 1.807) is 12.5 Å². The first-order valence-corrected chi connectivity index (χ1v) is 9.54. The van der Waals surface area contributed by atoms with Gasteiger partial charge < -0.3 is 11.1 Å². The molecule has 0 unspecified atom stereocenters. The number of anilines is 2. The second-order valence-corrected chi connectivity index (χ2v) is 7.70. The molecule has 1 saturated carbocycles. The lowest BCUT2D eigenvalue weighted by Crippen LogP contribution is -2.05. The average molecular weight is 378 g/mol. The smallest absolute Gasteiger partial charge is 0.150 e. The number of nitrogens with two attached hydrogens (primary N) is 1. The fourth-order valence-corrected chi connectivity index (χ4v) is 3.95. The number of nitrogens with zero attached hydrogens (tertiary/aromatic N) is 3. The molecule has 5 nitrogen and oxygen atoms in total. The van der Waals surface area contributed by atoms with Crippen LogP contribution in [0.5, 0.6) is 0 Å². The van der Waals surface area contributed by atoms with Crippen molar-refractivity contribution < 1.29 is 0 Å². The van der Waals surface area contributed by atoms with Crippen LogP contribution in [0.4, 0.5) is 11.5 Å². The number of imidazole rings is 1. The van der Waals surface area contributed by atoms with E-state index in [2.05, 4.69) is 35.4 Å². The van der Waals surface area contributed by atoms with Crippen molar-refractivity contribution in [2.45, 2.75) is 19.8 Å². The molecule has 27 heavy (non-hydrogen) atoms. The van der Waals surface area contributed by atoms with Crippen molar-refractivity contribution in [1.82, 2.24) is 14.4 Å². The molecule has 2 aromatic heterocycles. The maximum absolute atomic E-state index is 6.59. The van der Waals surface area contributed by atoms with Gasteiger partial charge in [0.25, 0.3) is 0 Å². The molecule has 4 aromatic rings. The van der Waals surface area contributed by atoms with E-state index in [0.717, 1.165) is 51.4 Å². The van der Waals surface area contributed by atoms with Gasteiger partial charge in [-0.05, 0) is 49.4 Å². The Balaban J connectivity index is 1.82. The molecule has 0 spiro atoms.